The van der Waals surface area contributed by atoms with Crippen molar-refractivity contribution < 1.29 is 24.2 Å². The van der Waals surface area contributed by atoms with Crippen molar-refractivity contribution >= 4 is 23.2 Å². The van der Waals surface area contributed by atoms with Crippen molar-refractivity contribution in [2.45, 2.75) is 50.7 Å². The number of thiazole rings is 1. The molecular formula is C26H32N4O5S. The highest BCUT2D eigenvalue weighted by Gasteiger charge is 2.60. The Morgan fingerprint density at radius 3 is 2.58 bits per heavy atom. The van der Waals surface area contributed by atoms with Gasteiger partial charge >= 0.3 is 5.97 Å². The third-order valence-electron chi connectivity index (χ3n) is 6.73. The maximum atomic E-state index is 14.3. The number of aliphatic carboxylic acids is 1. The molecule has 3 heterocycles. The summed E-state index contributed by atoms with van der Waals surface area (Å²) in [6.45, 7) is 6.50. The van der Waals surface area contributed by atoms with Gasteiger partial charge in [0.15, 0.2) is 5.54 Å². The van der Waals surface area contributed by atoms with Gasteiger partial charge in [0, 0.05) is 42.6 Å². The molecule has 4 rings (SSSR count). The Morgan fingerprint density at radius 1 is 1.25 bits per heavy atom. The Bertz CT molecular complexity index is 1210. The largest absolute Gasteiger partial charge is 0.496 e. The van der Waals surface area contributed by atoms with Crippen LogP contribution in [0.15, 0.2) is 48.2 Å². The predicted molar refractivity (Wildman–Crippen MR) is 135 cm³/mol. The number of carbonyl (C=O) groups excluding carboxylic acids is 1. The molecule has 1 aliphatic heterocycles. The molecule has 0 saturated carbocycles. The summed E-state index contributed by atoms with van der Waals surface area (Å²) in [6, 6.07) is 6.49. The van der Waals surface area contributed by atoms with Crippen molar-refractivity contribution in [1.29, 1.82) is 0 Å². The molecule has 1 fully saturated rings. The smallest absolute Gasteiger partial charge is 0.331 e. The SMILES string of the molecule is COCC1CC(Cn2cccn2)(C(=O)O)N(C(=O)c2ccc(C(C)(C)C)c(OC)c2)C1c1nccs1. The molecule has 9 nitrogen and oxygen atoms in total. The average molecular weight is 513 g/mol. The first-order chi connectivity index (χ1) is 17.1. The Hall–Kier alpha value is -3.24. The summed E-state index contributed by atoms with van der Waals surface area (Å²) in [4.78, 5) is 33.3. The molecule has 0 bridgehead atoms. The second-order valence-electron chi connectivity index (χ2n) is 10.1. The molecule has 192 valence electrons. The fourth-order valence-corrected chi connectivity index (χ4v) is 5.96. The van der Waals surface area contributed by atoms with E-state index in [1.54, 1.807) is 55.7 Å². The second kappa shape index (κ2) is 10.0. The van der Waals surface area contributed by atoms with E-state index in [4.69, 9.17) is 9.47 Å². The number of hydrogen-bond donors (Lipinski definition) is 1. The van der Waals surface area contributed by atoms with E-state index in [-0.39, 0.29) is 30.9 Å². The third kappa shape index (κ3) is 4.62. The first kappa shape index (κ1) is 25.8. The highest BCUT2D eigenvalue weighted by Crippen LogP contribution is 2.49. The number of likely N-dealkylation sites (tertiary alicyclic amines) is 1. The number of carboxylic acids is 1. The van der Waals surface area contributed by atoms with Gasteiger partial charge in [0.05, 0.1) is 26.3 Å². The number of carboxylic acid groups (broad SMARTS) is 1. The molecule has 1 aromatic carbocycles. The van der Waals surface area contributed by atoms with Crippen LogP contribution in [-0.2, 0) is 21.5 Å². The Labute approximate surface area is 214 Å². The van der Waals surface area contributed by atoms with E-state index >= 15 is 0 Å². The van der Waals surface area contributed by atoms with E-state index in [1.807, 2.05) is 11.4 Å². The van der Waals surface area contributed by atoms with E-state index in [9.17, 15) is 14.7 Å². The molecular weight excluding hydrogens is 480 g/mol. The summed E-state index contributed by atoms with van der Waals surface area (Å²) in [5.74, 6) is -1.18. The fraction of sp³-hybridized carbons (Fsp3) is 0.462. The number of hydrogen-bond acceptors (Lipinski definition) is 7. The molecule has 3 unspecified atom stereocenters. The van der Waals surface area contributed by atoms with Crippen molar-refractivity contribution in [3.63, 3.8) is 0 Å². The molecule has 3 atom stereocenters. The van der Waals surface area contributed by atoms with Gasteiger partial charge in [-0.1, -0.05) is 26.8 Å². The summed E-state index contributed by atoms with van der Waals surface area (Å²) < 4.78 is 12.7. The van der Waals surface area contributed by atoms with Crippen molar-refractivity contribution in [2.75, 3.05) is 20.8 Å². The lowest BCUT2D eigenvalue weighted by Crippen LogP contribution is -2.56. The molecule has 1 aliphatic rings. The van der Waals surface area contributed by atoms with Gasteiger partial charge in [-0.15, -0.1) is 11.3 Å². The minimum absolute atomic E-state index is 0.000370. The van der Waals surface area contributed by atoms with Crippen molar-refractivity contribution in [3.05, 3.63) is 64.4 Å². The van der Waals surface area contributed by atoms with E-state index < -0.39 is 23.5 Å². The molecule has 0 aliphatic carbocycles. The summed E-state index contributed by atoms with van der Waals surface area (Å²) >= 11 is 1.40. The molecule has 3 aromatic rings. The van der Waals surface area contributed by atoms with Crippen molar-refractivity contribution in [2.24, 2.45) is 5.92 Å². The van der Waals surface area contributed by atoms with Crippen LogP contribution in [0.1, 0.15) is 54.2 Å². The number of carbonyl (C=O) groups is 2. The van der Waals surface area contributed by atoms with Crippen LogP contribution in [0, 0.1) is 5.92 Å². The molecule has 1 saturated heterocycles. The summed E-state index contributed by atoms with van der Waals surface area (Å²) in [5.41, 5.74) is -0.444. The number of rotatable bonds is 8. The fourth-order valence-electron chi connectivity index (χ4n) is 5.14. The lowest BCUT2D eigenvalue weighted by Gasteiger charge is -2.37. The number of ether oxygens (including phenoxy) is 2. The molecule has 0 radical (unpaired) electrons. The molecule has 10 heteroatoms. The van der Waals surface area contributed by atoms with Crippen molar-refractivity contribution in [1.82, 2.24) is 19.7 Å². The maximum Gasteiger partial charge on any atom is 0.331 e. The van der Waals surface area contributed by atoms with E-state index in [2.05, 4.69) is 30.9 Å². The average Bonchev–Trinajstić information content (AvgIpc) is 3.59. The first-order valence-electron chi connectivity index (χ1n) is 11.7. The number of aromatic nitrogens is 3. The number of nitrogens with zero attached hydrogens (tertiary/aromatic N) is 4. The topological polar surface area (TPSA) is 107 Å². The third-order valence-corrected chi connectivity index (χ3v) is 7.57. The van der Waals surface area contributed by atoms with Crippen LogP contribution >= 0.6 is 11.3 Å². The summed E-state index contributed by atoms with van der Waals surface area (Å²) in [6.07, 6.45) is 5.17. The van der Waals surface area contributed by atoms with E-state index in [0.717, 1.165) is 5.56 Å². The summed E-state index contributed by atoms with van der Waals surface area (Å²) in [7, 11) is 3.15. The predicted octanol–water partition coefficient (Wildman–Crippen LogP) is 4.02. The molecule has 1 amide bonds. The zero-order valence-corrected chi connectivity index (χ0v) is 22.0. The number of benzene rings is 1. The Morgan fingerprint density at radius 2 is 2.03 bits per heavy atom. The number of amides is 1. The van der Waals surface area contributed by atoms with Crippen LogP contribution in [0.25, 0.3) is 0 Å². The normalized spacial score (nSPS) is 22.1. The van der Waals surface area contributed by atoms with Crippen LogP contribution in [0.2, 0.25) is 0 Å². The van der Waals surface area contributed by atoms with E-state index in [0.29, 0.717) is 16.3 Å². The van der Waals surface area contributed by atoms with E-state index in [1.165, 1.54) is 16.2 Å². The lowest BCUT2D eigenvalue weighted by atomic mass is 9.85. The van der Waals surface area contributed by atoms with Gasteiger partial charge in [0.25, 0.3) is 5.91 Å². The van der Waals surface area contributed by atoms with Gasteiger partial charge in [-0.3, -0.25) is 9.48 Å². The second-order valence-corrected chi connectivity index (χ2v) is 11.0. The Balaban J connectivity index is 1.88. The quantitative estimate of drug-likeness (QED) is 0.486. The molecule has 1 N–H and O–H groups in total. The van der Waals surface area contributed by atoms with Crippen LogP contribution in [0.3, 0.4) is 0 Å². The maximum absolute atomic E-state index is 14.3. The van der Waals surface area contributed by atoms with Crippen LogP contribution in [0.4, 0.5) is 0 Å². The highest BCUT2D eigenvalue weighted by molar-refractivity contribution is 7.09. The molecule has 2 aromatic heterocycles. The minimum atomic E-state index is -1.56. The Kier molecular flexibility index (Phi) is 7.19. The first-order valence-corrected chi connectivity index (χ1v) is 12.6. The zero-order chi connectivity index (χ0) is 26.1. The van der Waals surface area contributed by atoms with Crippen molar-refractivity contribution in [3.8, 4) is 5.75 Å². The van der Waals surface area contributed by atoms with Gasteiger partial charge in [-0.25, -0.2) is 9.78 Å². The van der Waals surface area contributed by atoms with Gasteiger partial charge in [0.2, 0.25) is 0 Å². The molecule has 36 heavy (non-hydrogen) atoms. The van der Waals surface area contributed by atoms with Crippen LogP contribution in [0.5, 0.6) is 5.75 Å². The van der Waals surface area contributed by atoms with Gasteiger partial charge in [-0.2, -0.15) is 5.10 Å². The zero-order valence-electron chi connectivity index (χ0n) is 21.2. The standard InChI is InChI=1S/C26H32N4O5S/c1-25(2,3)19-8-7-17(13-20(19)35-5)23(31)30-21(22-27-10-12-36-22)18(15-34-4)14-26(30,24(32)33)16-29-11-6-9-28-29/h6-13,18,21H,14-16H2,1-5H3,(H,32,33). The monoisotopic (exact) mass is 512 g/mol. The lowest BCUT2D eigenvalue weighted by molar-refractivity contribution is -0.150. The van der Waals surface area contributed by atoms with Gasteiger partial charge in [0.1, 0.15) is 10.8 Å². The van der Waals surface area contributed by atoms with Gasteiger partial charge < -0.3 is 19.5 Å². The van der Waals surface area contributed by atoms with Gasteiger partial charge in [-0.05, 0) is 35.6 Å². The van der Waals surface area contributed by atoms with Crippen LogP contribution < -0.4 is 4.74 Å². The highest BCUT2D eigenvalue weighted by atomic mass is 32.1. The molecule has 0 spiro atoms. The number of methoxy groups -OCH3 is 2. The summed E-state index contributed by atoms with van der Waals surface area (Å²) in [5, 5.41) is 17.4. The van der Waals surface area contributed by atoms with Crippen LogP contribution in [-0.4, -0.2) is 63.0 Å². The minimum Gasteiger partial charge on any atom is -0.496 e.